The largest absolute Gasteiger partial charge is 0.480 e. The number of carbonyl (C=O) groups excluding carboxylic acids is 2. The van der Waals surface area contributed by atoms with Crippen molar-refractivity contribution < 1.29 is 33.7 Å². The van der Waals surface area contributed by atoms with Gasteiger partial charge in [-0.15, -0.1) is 0 Å². The van der Waals surface area contributed by atoms with E-state index in [1.54, 1.807) is 19.1 Å². The average molecular weight is 476 g/mol. The average Bonchev–Trinajstić information content (AvgIpc) is 2.80. The minimum atomic E-state index is -1.02. The van der Waals surface area contributed by atoms with Crippen molar-refractivity contribution in [2.24, 2.45) is 0 Å². The highest BCUT2D eigenvalue weighted by atomic mass is 16.5. The zero-order chi connectivity index (χ0) is 24.5. The van der Waals surface area contributed by atoms with Crippen LogP contribution < -0.4 is 16.2 Å². The second kappa shape index (κ2) is 12.2. The molecule has 1 aromatic carbocycles. The fourth-order valence-electron chi connectivity index (χ4n) is 3.52. The summed E-state index contributed by atoms with van der Waals surface area (Å²) < 4.78 is 16.8. The molecule has 1 aliphatic heterocycles. The third-order valence-corrected chi connectivity index (χ3v) is 5.16. The van der Waals surface area contributed by atoms with Crippen LogP contribution in [0.4, 0.5) is 5.69 Å². The Morgan fingerprint density at radius 1 is 1.12 bits per heavy atom. The number of nitrogens with zero attached hydrogens (tertiary/aromatic N) is 2. The number of ether oxygens (including phenoxy) is 3. The van der Waals surface area contributed by atoms with E-state index in [2.05, 4.69) is 15.7 Å². The number of carboxylic acid groups (broad SMARTS) is 1. The van der Waals surface area contributed by atoms with Crippen LogP contribution in [0.15, 0.2) is 23.0 Å². The molecule has 2 aromatic rings. The van der Waals surface area contributed by atoms with Crippen molar-refractivity contribution in [2.45, 2.75) is 25.8 Å². The van der Waals surface area contributed by atoms with E-state index >= 15 is 0 Å². The highest BCUT2D eigenvalue weighted by Crippen LogP contribution is 2.21. The molecule has 1 aliphatic rings. The Bertz CT molecular complexity index is 1100. The minimum Gasteiger partial charge on any atom is -0.480 e. The number of hydrogen-bond donors (Lipinski definition) is 3. The molecule has 184 valence electrons. The highest BCUT2D eigenvalue weighted by molar-refractivity contribution is 5.99. The highest BCUT2D eigenvalue weighted by Gasteiger charge is 2.30. The first kappa shape index (κ1) is 25.3. The number of amides is 2. The van der Waals surface area contributed by atoms with E-state index in [4.69, 9.17) is 19.3 Å². The van der Waals surface area contributed by atoms with E-state index in [9.17, 15) is 19.2 Å². The summed E-state index contributed by atoms with van der Waals surface area (Å²) in [6.45, 7) is 3.67. The molecule has 2 amide bonds. The summed E-state index contributed by atoms with van der Waals surface area (Å²) in [5.41, 5.74) is 1.02. The van der Waals surface area contributed by atoms with Gasteiger partial charge in [0, 0.05) is 24.0 Å². The molecule has 12 nitrogen and oxygen atoms in total. The SMILES string of the molecule is Cc1nn(C2CCC(=O)NC2=O)c(=O)c2ccc(NCCOCCOCCOCC(=O)O)cc12. The van der Waals surface area contributed by atoms with Crippen molar-refractivity contribution in [2.75, 3.05) is 51.5 Å². The summed E-state index contributed by atoms with van der Waals surface area (Å²) in [6, 6.07) is 4.49. The van der Waals surface area contributed by atoms with Gasteiger partial charge in [-0.25, -0.2) is 9.48 Å². The smallest absolute Gasteiger partial charge is 0.329 e. The zero-order valence-electron chi connectivity index (χ0n) is 18.9. The monoisotopic (exact) mass is 476 g/mol. The number of anilines is 1. The fourth-order valence-corrected chi connectivity index (χ4v) is 3.52. The summed E-state index contributed by atoms with van der Waals surface area (Å²) in [5.74, 6) is -1.88. The van der Waals surface area contributed by atoms with Gasteiger partial charge in [0.15, 0.2) is 0 Å². The number of carboxylic acids is 1. The second-order valence-corrected chi connectivity index (χ2v) is 7.66. The van der Waals surface area contributed by atoms with E-state index in [1.807, 2.05) is 6.07 Å². The number of fused-ring (bicyclic) bond motifs is 1. The molecule has 2 heterocycles. The molecular weight excluding hydrogens is 448 g/mol. The fraction of sp³-hybridized carbons (Fsp3) is 0.500. The van der Waals surface area contributed by atoms with Crippen LogP contribution in [0.1, 0.15) is 24.6 Å². The third-order valence-electron chi connectivity index (χ3n) is 5.16. The minimum absolute atomic E-state index is 0.167. The molecule has 0 aliphatic carbocycles. The Kier molecular flexibility index (Phi) is 9.08. The van der Waals surface area contributed by atoms with E-state index < -0.39 is 17.9 Å². The van der Waals surface area contributed by atoms with E-state index in [0.717, 1.165) is 5.69 Å². The molecule has 0 spiro atoms. The molecule has 1 aromatic heterocycles. The lowest BCUT2D eigenvalue weighted by Crippen LogP contribution is -2.45. The van der Waals surface area contributed by atoms with Crippen LogP contribution in [0.5, 0.6) is 0 Å². The van der Waals surface area contributed by atoms with Crippen molar-refractivity contribution >= 4 is 34.2 Å². The Hall–Kier alpha value is -3.35. The standard InChI is InChI=1S/C22H28N4O8/c1-14-17-12-15(23-6-7-32-8-9-33-10-11-34-13-20(28)29)2-3-16(17)22(31)26(25-14)18-4-5-19(27)24-21(18)30/h2-3,12,18,23H,4-11,13H2,1H3,(H,28,29)(H,24,27,30). The van der Waals surface area contributed by atoms with Crippen LogP contribution in [0.2, 0.25) is 0 Å². The maximum absolute atomic E-state index is 12.9. The van der Waals surface area contributed by atoms with Crippen molar-refractivity contribution in [3.8, 4) is 0 Å². The second-order valence-electron chi connectivity index (χ2n) is 7.66. The van der Waals surface area contributed by atoms with Crippen LogP contribution in [-0.2, 0) is 28.6 Å². The number of imide groups is 1. The number of rotatable bonds is 13. The third kappa shape index (κ3) is 6.83. The molecule has 1 atom stereocenters. The predicted molar refractivity (Wildman–Crippen MR) is 121 cm³/mol. The van der Waals surface area contributed by atoms with Crippen LogP contribution in [0, 0.1) is 6.92 Å². The van der Waals surface area contributed by atoms with Crippen LogP contribution in [0.25, 0.3) is 10.8 Å². The number of aryl methyl sites for hydroxylation is 1. The van der Waals surface area contributed by atoms with Gasteiger partial charge < -0.3 is 24.6 Å². The number of aromatic nitrogens is 2. The van der Waals surface area contributed by atoms with Crippen LogP contribution in [0.3, 0.4) is 0 Å². The number of benzene rings is 1. The predicted octanol–water partition coefficient (Wildman–Crippen LogP) is 0.229. The summed E-state index contributed by atoms with van der Waals surface area (Å²) in [5, 5.41) is 19.4. The van der Waals surface area contributed by atoms with Gasteiger partial charge in [-0.05, 0) is 31.5 Å². The molecule has 1 fully saturated rings. The summed E-state index contributed by atoms with van der Waals surface area (Å²) >= 11 is 0. The van der Waals surface area contributed by atoms with Gasteiger partial charge in [0.2, 0.25) is 5.91 Å². The van der Waals surface area contributed by atoms with E-state index in [-0.39, 0.29) is 37.5 Å². The molecule has 12 heteroatoms. The van der Waals surface area contributed by atoms with Gasteiger partial charge >= 0.3 is 5.97 Å². The number of carbonyl (C=O) groups is 3. The quantitative estimate of drug-likeness (QED) is 0.270. The molecule has 3 rings (SSSR count). The van der Waals surface area contributed by atoms with Crippen molar-refractivity contribution in [1.82, 2.24) is 15.1 Å². The number of aliphatic carboxylic acids is 1. The lowest BCUT2D eigenvalue weighted by atomic mass is 10.1. The molecule has 0 bridgehead atoms. The molecule has 0 radical (unpaired) electrons. The van der Waals surface area contributed by atoms with Crippen molar-refractivity contribution in [1.29, 1.82) is 0 Å². The summed E-state index contributed by atoms with van der Waals surface area (Å²) in [4.78, 5) is 46.8. The maximum atomic E-state index is 12.9. The van der Waals surface area contributed by atoms with Gasteiger partial charge in [0.1, 0.15) is 12.6 Å². The van der Waals surface area contributed by atoms with E-state index in [1.165, 1.54) is 4.68 Å². The van der Waals surface area contributed by atoms with Gasteiger partial charge in [0.05, 0.1) is 44.1 Å². The first-order valence-corrected chi connectivity index (χ1v) is 10.9. The number of hydrogen-bond acceptors (Lipinski definition) is 9. The summed E-state index contributed by atoms with van der Waals surface area (Å²) in [7, 11) is 0. The molecule has 3 N–H and O–H groups in total. The molecule has 1 saturated heterocycles. The van der Waals surface area contributed by atoms with Gasteiger partial charge in [-0.1, -0.05) is 0 Å². The van der Waals surface area contributed by atoms with Gasteiger partial charge in [-0.2, -0.15) is 5.10 Å². The molecule has 0 saturated carbocycles. The summed E-state index contributed by atoms with van der Waals surface area (Å²) in [6.07, 6.45) is 0.408. The zero-order valence-corrected chi connectivity index (χ0v) is 18.9. The first-order chi connectivity index (χ1) is 16.4. The lowest BCUT2D eigenvalue weighted by Gasteiger charge is -2.22. The van der Waals surface area contributed by atoms with Crippen molar-refractivity contribution in [3.63, 3.8) is 0 Å². The first-order valence-electron chi connectivity index (χ1n) is 10.9. The molecule has 34 heavy (non-hydrogen) atoms. The Labute approximate surface area is 195 Å². The molecule has 1 unspecified atom stereocenters. The Morgan fingerprint density at radius 2 is 1.82 bits per heavy atom. The maximum Gasteiger partial charge on any atom is 0.329 e. The van der Waals surface area contributed by atoms with Crippen LogP contribution >= 0.6 is 0 Å². The normalized spacial score (nSPS) is 16.0. The van der Waals surface area contributed by atoms with E-state index in [0.29, 0.717) is 49.4 Å². The number of nitrogens with one attached hydrogen (secondary N) is 2. The van der Waals surface area contributed by atoms with Crippen LogP contribution in [-0.4, -0.2) is 78.9 Å². The number of piperidine rings is 1. The topological polar surface area (TPSA) is 158 Å². The van der Waals surface area contributed by atoms with Crippen molar-refractivity contribution in [3.05, 3.63) is 34.2 Å². The molecular formula is C22H28N4O8. The Balaban J connectivity index is 1.47. The lowest BCUT2D eigenvalue weighted by molar-refractivity contribution is -0.143. The Morgan fingerprint density at radius 3 is 2.53 bits per heavy atom. The van der Waals surface area contributed by atoms with Gasteiger partial charge in [-0.3, -0.25) is 19.7 Å². The van der Waals surface area contributed by atoms with Gasteiger partial charge in [0.25, 0.3) is 11.5 Å².